The van der Waals surface area contributed by atoms with Crippen LogP contribution in [0.25, 0.3) is 0 Å². The zero-order valence-corrected chi connectivity index (χ0v) is 11.3. The normalized spacial score (nSPS) is 19.3. The van der Waals surface area contributed by atoms with Gasteiger partial charge in [-0.1, -0.05) is 6.92 Å². The highest BCUT2D eigenvalue weighted by molar-refractivity contribution is 5.82. The fourth-order valence-corrected chi connectivity index (χ4v) is 2.13. The van der Waals surface area contributed by atoms with E-state index >= 15 is 0 Å². The molecule has 19 heavy (non-hydrogen) atoms. The molecule has 1 fully saturated rings. The fourth-order valence-electron chi connectivity index (χ4n) is 2.13. The molecule has 0 amide bonds. The zero-order valence-electron chi connectivity index (χ0n) is 11.3. The van der Waals surface area contributed by atoms with Crippen LogP contribution in [0.15, 0.2) is 0 Å². The molecule has 0 aromatic rings. The Balaban J connectivity index is 2.73. The summed E-state index contributed by atoms with van der Waals surface area (Å²) in [5, 5.41) is 0. The lowest BCUT2D eigenvalue weighted by atomic mass is 9.93. The average Bonchev–Trinajstić information content (AvgIpc) is 3.10. The number of halogens is 3. The van der Waals surface area contributed by atoms with Crippen molar-refractivity contribution >= 4 is 5.97 Å². The molecule has 1 aliphatic carbocycles. The van der Waals surface area contributed by atoms with Crippen molar-refractivity contribution in [3.8, 4) is 0 Å². The van der Waals surface area contributed by atoms with Crippen molar-refractivity contribution in [3.05, 3.63) is 0 Å². The summed E-state index contributed by atoms with van der Waals surface area (Å²) in [6, 6.07) is 0. The topological polar surface area (TPSA) is 55.6 Å². The number of hydrogen-bond acceptors (Lipinski definition) is 4. The highest BCUT2D eigenvalue weighted by Crippen LogP contribution is 2.39. The first-order valence-electron chi connectivity index (χ1n) is 6.48. The molecule has 1 unspecified atom stereocenters. The summed E-state index contributed by atoms with van der Waals surface area (Å²) in [5.74, 6) is -0.674. The molecule has 2 N–H and O–H groups in total. The first-order chi connectivity index (χ1) is 8.73. The number of carbonyl (C=O) groups excluding carboxylic acids is 1. The van der Waals surface area contributed by atoms with Crippen LogP contribution in [-0.4, -0.2) is 48.8 Å². The second-order valence-electron chi connectivity index (χ2n) is 4.95. The fraction of sp³-hybridized carbons (Fsp3) is 0.917. The van der Waals surface area contributed by atoms with Crippen molar-refractivity contribution in [2.24, 2.45) is 11.7 Å². The van der Waals surface area contributed by atoms with Crippen LogP contribution in [0.2, 0.25) is 0 Å². The minimum Gasteiger partial charge on any atom is -0.465 e. The predicted molar refractivity (Wildman–Crippen MR) is 64.4 cm³/mol. The monoisotopic (exact) mass is 282 g/mol. The van der Waals surface area contributed by atoms with E-state index in [-0.39, 0.29) is 25.6 Å². The number of rotatable bonds is 7. The molecule has 1 aliphatic rings. The molecule has 0 spiro atoms. The molecule has 1 atom stereocenters. The number of carbonyl (C=O) groups is 1. The summed E-state index contributed by atoms with van der Waals surface area (Å²) < 4.78 is 42.2. The smallest absolute Gasteiger partial charge is 0.401 e. The van der Waals surface area contributed by atoms with Gasteiger partial charge >= 0.3 is 12.1 Å². The summed E-state index contributed by atoms with van der Waals surface area (Å²) >= 11 is 0. The van der Waals surface area contributed by atoms with Crippen LogP contribution >= 0.6 is 0 Å². The SMILES string of the molecule is CCOC(=O)C(N)(CN(CC)CC(F)(F)F)C1CC1. The van der Waals surface area contributed by atoms with Gasteiger partial charge in [0.1, 0.15) is 5.54 Å². The van der Waals surface area contributed by atoms with Crippen LogP contribution in [0.5, 0.6) is 0 Å². The second kappa shape index (κ2) is 6.09. The number of nitrogens with zero attached hydrogens (tertiary/aromatic N) is 1. The summed E-state index contributed by atoms with van der Waals surface area (Å²) in [7, 11) is 0. The minimum atomic E-state index is -4.30. The van der Waals surface area contributed by atoms with Gasteiger partial charge in [-0.15, -0.1) is 0 Å². The molecule has 0 aromatic heterocycles. The van der Waals surface area contributed by atoms with Crippen LogP contribution in [0.3, 0.4) is 0 Å². The first-order valence-corrected chi connectivity index (χ1v) is 6.48. The van der Waals surface area contributed by atoms with Crippen molar-refractivity contribution in [1.82, 2.24) is 4.90 Å². The van der Waals surface area contributed by atoms with Crippen LogP contribution < -0.4 is 5.73 Å². The van der Waals surface area contributed by atoms with E-state index in [0.717, 1.165) is 17.7 Å². The van der Waals surface area contributed by atoms with Gasteiger partial charge in [0.25, 0.3) is 0 Å². The number of esters is 1. The van der Waals surface area contributed by atoms with Crippen LogP contribution in [-0.2, 0) is 9.53 Å². The van der Waals surface area contributed by atoms with Gasteiger partial charge in [0.15, 0.2) is 0 Å². The Morgan fingerprint density at radius 1 is 1.32 bits per heavy atom. The van der Waals surface area contributed by atoms with E-state index in [1.165, 1.54) is 0 Å². The Bertz CT molecular complexity index is 319. The Hall–Kier alpha value is -0.820. The van der Waals surface area contributed by atoms with Crippen molar-refractivity contribution in [2.45, 2.75) is 38.4 Å². The van der Waals surface area contributed by atoms with Crippen molar-refractivity contribution in [1.29, 1.82) is 0 Å². The molecule has 0 radical (unpaired) electrons. The van der Waals surface area contributed by atoms with E-state index in [2.05, 4.69) is 0 Å². The van der Waals surface area contributed by atoms with Gasteiger partial charge in [0.05, 0.1) is 13.2 Å². The Labute approximate surface area is 111 Å². The zero-order chi connectivity index (χ0) is 14.7. The third-order valence-electron chi connectivity index (χ3n) is 3.30. The number of ether oxygens (including phenoxy) is 1. The van der Waals surface area contributed by atoms with Crippen LogP contribution in [0.4, 0.5) is 13.2 Å². The molecule has 112 valence electrons. The second-order valence-corrected chi connectivity index (χ2v) is 4.95. The van der Waals surface area contributed by atoms with Gasteiger partial charge in [-0.3, -0.25) is 4.90 Å². The Morgan fingerprint density at radius 2 is 1.89 bits per heavy atom. The maximum atomic E-state index is 12.4. The number of hydrogen-bond donors (Lipinski definition) is 1. The largest absolute Gasteiger partial charge is 0.465 e. The van der Waals surface area contributed by atoms with Gasteiger partial charge in [-0.25, -0.2) is 4.79 Å². The molecule has 0 bridgehead atoms. The molecular weight excluding hydrogens is 261 g/mol. The molecule has 0 aliphatic heterocycles. The van der Waals surface area contributed by atoms with E-state index < -0.39 is 24.2 Å². The van der Waals surface area contributed by atoms with Crippen LogP contribution in [0, 0.1) is 5.92 Å². The van der Waals surface area contributed by atoms with E-state index in [1.54, 1.807) is 13.8 Å². The molecule has 0 saturated heterocycles. The molecule has 7 heteroatoms. The number of alkyl halides is 3. The van der Waals surface area contributed by atoms with Gasteiger partial charge in [-0.2, -0.15) is 13.2 Å². The molecule has 1 rings (SSSR count). The summed E-state index contributed by atoms with van der Waals surface area (Å²) in [5.41, 5.74) is 4.72. The lowest BCUT2D eigenvalue weighted by Gasteiger charge is -2.33. The van der Waals surface area contributed by atoms with Gasteiger partial charge in [0, 0.05) is 6.54 Å². The lowest BCUT2D eigenvalue weighted by molar-refractivity contribution is -0.159. The quantitative estimate of drug-likeness (QED) is 0.720. The van der Waals surface area contributed by atoms with Crippen molar-refractivity contribution in [2.75, 3.05) is 26.2 Å². The summed E-state index contributed by atoms with van der Waals surface area (Å²) in [6.07, 6.45) is -2.77. The molecule has 1 saturated carbocycles. The minimum absolute atomic E-state index is 0.0752. The maximum Gasteiger partial charge on any atom is 0.401 e. The van der Waals surface area contributed by atoms with Gasteiger partial charge in [0.2, 0.25) is 0 Å². The molecule has 4 nitrogen and oxygen atoms in total. The van der Waals surface area contributed by atoms with Gasteiger partial charge in [-0.05, 0) is 32.2 Å². The van der Waals surface area contributed by atoms with E-state index in [9.17, 15) is 18.0 Å². The maximum absolute atomic E-state index is 12.4. The Morgan fingerprint density at radius 3 is 2.26 bits per heavy atom. The third-order valence-corrected chi connectivity index (χ3v) is 3.30. The molecule has 0 aromatic carbocycles. The van der Waals surface area contributed by atoms with E-state index in [1.807, 2.05) is 0 Å². The number of nitrogens with two attached hydrogens (primary N) is 1. The Kier molecular flexibility index (Phi) is 5.20. The highest BCUT2D eigenvalue weighted by Gasteiger charge is 2.50. The summed E-state index contributed by atoms with van der Waals surface area (Å²) in [4.78, 5) is 13.1. The van der Waals surface area contributed by atoms with E-state index in [4.69, 9.17) is 10.5 Å². The number of likely N-dealkylation sites (N-methyl/N-ethyl adjacent to an activating group) is 1. The highest BCUT2D eigenvalue weighted by atomic mass is 19.4. The summed E-state index contributed by atoms with van der Waals surface area (Å²) in [6.45, 7) is 2.45. The van der Waals surface area contributed by atoms with Crippen LogP contribution in [0.1, 0.15) is 26.7 Å². The molecular formula is C12H21F3N2O2. The van der Waals surface area contributed by atoms with Gasteiger partial charge < -0.3 is 10.5 Å². The van der Waals surface area contributed by atoms with Crippen molar-refractivity contribution in [3.63, 3.8) is 0 Å². The van der Waals surface area contributed by atoms with Crippen molar-refractivity contribution < 1.29 is 22.7 Å². The predicted octanol–water partition coefficient (Wildman–Crippen LogP) is 1.54. The van der Waals surface area contributed by atoms with E-state index in [0.29, 0.717) is 0 Å². The average molecular weight is 282 g/mol. The molecule has 0 heterocycles. The third kappa shape index (κ3) is 4.65. The first kappa shape index (κ1) is 16.2. The standard InChI is InChI=1S/C12H21F3N2O2/c1-3-17(8-12(13,14)15)7-11(16,9-5-6-9)10(18)19-4-2/h9H,3-8,16H2,1-2H3. The lowest BCUT2D eigenvalue weighted by Crippen LogP contribution is -2.59.